The number of para-hydroxylation sites is 1. The summed E-state index contributed by atoms with van der Waals surface area (Å²) in [5.41, 5.74) is 6.86. The van der Waals surface area contributed by atoms with Gasteiger partial charge in [0.15, 0.2) is 0 Å². The second-order valence-electron chi connectivity index (χ2n) is 12.1. The van der Waals surface area contributed by atoms with Gasteiger partial charge < -0.3 is 9.64 Å². The first-order chi connectivity index (χ1) is 21.5. The molecule has 2 fully saturated rings. The minimum Gasteiger partial charge on any atom is -0.426 e. The average molecular weight is 583 g/mol. The molecule has 218 valence electrons. The van der Waals surface area contributed by atoms with E-state index in [1.54, 1.807) is 29.2 Å². The van der Waals surface area contributed by atoms with Crippen molar-refractivity contribution in [3.63, 3.8) is 0 Å². The zero-order valence-electron chi connectivity index (χ0n) is 24.2. The molecule has 2 bridgehead atoms. The lowest BCUT2D eigenvalue weighted by Crippen LogP contribution is -2.41. The summed E-state index contributed by atoms with van der Waals surface area (Å²) >= 11 is 0. The molecular weight excluding hydrogens is 552 g/mol. The van der Waals surface area contributed by atoms with E-state index in [1.807, 2.05) is 55.5 Å². The standard InChI is InChI=1S/C37H30N2O5/c1-2-21-9-3-8-14-29(21)38-20-22(19-30(38)40)37(43)44-24-17-15-23(16-18-24)39-35(41)33-31-25-10-4-5-11-26(25)32(34(33)36(39)42)28-13-7-6-12-27(28)31/h3-18,22,31-34H,2,19-20H2,1H3/t22-,31?,32?,33+,34+/m1/s1. The number of hydrogen-bond acceptors (Lipinski definition) is 5. The molecule has 2 saturated heterocycles. The van der Waals surface area contributed by atoms with Gasteiger partial charge in [-0.1, -0.05) is 73.7 Å². The van der Waals surface area contributed by atoms with Crippen molar-refractivity contribution in [1.82, 2.24) is 0 Å². The van der Waals surface area contributed by atoms with E-state index in [2.05, 4.69) is 24.3 Å². The summed E-state index contributed by atoms with van der Waals surface area (Å²) in [5, 5.41) is 0. The third-order valence-electron chi connectivity index (χ3n) is 9.88. The Morgan fingerprint density at radius 2 is 1.25 bits per heavy atom. The number of esters is 1. The predicted molar refractivity (Wildman–Crippen MR) is 164 cm³/mol. The number of ether oxygens (including phenoxy) is 1. The molecular formula is C37H30N2O5. The van der Waals surface area contributed by atoms with Crippen LogP contribution in [0, 0.1) is 17.8 Å². The maximum absolute atomic E-state index is 14.0. The highest BCUT2D eigenvalue weighted by Crippen LogP contribution is 2.61. The van der Waals surface area contributed by atoms with Crippen molar-refractivity contribution in [2.24, 2.45) is 17.8 Å². The Bertz CT molecular complexity index is 1750. The van der Waals surface area contributed by atoms with Crippen LogP contribution in [0.4, 0.5) is 11.4 Å². The van der Waals surface area contributed by atoms with Crippen LogP contribution in [0.1, 0.15) is 53.0 Å². The molecule has 4 aromatic carbocycles. The number of aryl methyl sites for hydroxylation is 1. The second-order valence-corrected chi connectivity index (χ2v) is 12.1. The van der Waals surface area contributed by atoms with E-state index in [4.69, 9.17) is 4.74 Å². The highest BCUT2D eigenvalue weighted by molar-refractivity contribution is 6.23. The number of hydrogen-bond donors (Lipinski definition) is 0. The molecule has 3 aliphatic carbocycles. The highest BCUT2D eigenvalue weighted by Gasteiger charge is 2.61. The molecule has 9 rings (SSSR count). The van der Waals surface area contributed by atoms with Crippen LogP contribution in [-0.2, 0) is 25.6 Å². The van der Waals surface area contributed by atoms with Crippen molar-refractivity contribution >= 4 is 35.1 Å². The van der Waals surface area contributed by atoms with Gasteiger partial charge in [0.05, 0.1) is 23.4 Å². The van der Waals surface area contributed by atoms with Gasteiger partial charge in [-0.25, -0.2) is 4.90 Å². The SMILES string of the molecule is CCc1ccccc1N1C[C@H](C(=O)Oc2ccc(N3C(=O)[C@H]4C5c6ccccc6C(c6ccccc65)[C@@H]4C3=O)cc2)CC1=O. The number of carbonyl (C=O) groups is 4. The quantitative estimate of drug-likeness (QED) is 0.174. The third-order valence-corrected chi connectivity index (χ3v) is 9.88. The molecule has 3 atom stereocenters. The van der Waals surface area contributed by atoms with E-state index >= 15 is 0 Å². The molecule has 2 aliphatic heterocycles. The molecule has 0 radical (unpaired) electrons. The highest BCUT2D eigenvalue weighted by atomic mass is 16.5. The minimum atomic E-state index is -0.587. The van der Waals surface area contributed by atoms with Gasteiger partial charge >= 0.3 is 5.97 Å². The van der Waals surface area contributed by atoms with Gasteiger partial charge in [-0.2, -0.15) is 0 Å². The smallest absolute Gasteiger partial charge is 0.316 e. The fraction of sp³-hybridized carbons (Fsp3) is 0.243. The van der Waals surface area contributed by atoms with Crippen LogP contribution in [0.2, 0.25) is 0 Å². The van der Waals surface area contributed by atoms with E-state index in [0.717, 1.165) is 39.9 Å². The van der Waals surface area contributed by atoms with Crippen LogP contribution in [0.3, 0.4) is 0 Å². The van der Waals surface area contributed by atoms with Gasteiger partial charge in [0.25, 0.3) is 0 Å². The Hall–Kier alpha value is -5.04. The van der Waals surface area contributed by atoms with E-state index in [0.29, 0.717) is 11.4 Å². The van der Waals surface area contributed by atoms with Gasteiger partial charge in [-0.05, 0) is 64.6 Å². The second kappa shape index (κ2) is 10.0. The van der Waals surface area contributed by atoms with Crippen molar-refractivity contribution in [3.05, 3.63) is 125 Å². The Morgan fingerprint density at radius 3 is 1.80 bits per heavy atom. The molecule has 7 nitrogen and oxygen atoms in total. The van der Waals surface area contributed by atoms with E-state index < -0.39 is 23.7 Å². The van der Waals surface area contributed by atoms with Gasteiger partial charge in [0.2, 0.25) is 17.7 Å². The van der Waals surface area contributed by atoms with Gasteiger partial charge in [-0.3, -0.25) is 19.2 Å². The third kappa shape index (κ3) is 3.81. The minimum absolute atomic E-state index is 0.0850. The number of rotatable bonds is 5. The largest absolute Gasteiger partial charge is 0.426 e. The number of benzene rings is 4. The van der Waals surface area contributed by atoms with Gasteiger partial charge in [0.1, 0.15) is 5.75 Å². The topological polar surface area (TPSA) is 84.0 Å². The maximum atomic E-state index is 14.0. The van der Waals surface area contributed by atoms with Crippen LogP contribution in [0.15, 0.2) is 97.1 Å². The molecule has 0 aromatic heterocycles. The Kier molecular flexibility index (Phi) is 6.05. The van der Waals surface area contributed by atoms with Crippen LogP contribution in [0.25, 0.3) is 0 Å². The Balaban J connectivity index is 1.02. The number of nitrogens with zero attached hydrogens (tertiary/aromatic N) is 2. The summed E-state index contributed by atoms with van der Waals surface area (Å²) in [6.45, 7) is 2.30. The summed E-state index contributed by atoms with van der Waals surface area (Å²) in [6, 6.07) is 30.6. The lowest BCUT2D eigenvalue weighted by atomic mass is 9.55. The molecule has 0 N–H and O–H groups in total. The van der Waals surface area contributed by atoms with Crippen molar-refractivity contribution in [1.29, 1.82) is 0 Å². The normalized spacial score (nSPS) is 24.8. The molecule has 0 unspecified atom stereocenters. The van der Waals surface area contributed by atoms with E-state index in [1.165, 1.54) is 4.90 Å². The molecule has 4 aromatic rings. The summed E-state index contributed by atoms with van der Waals surface area (Å²) < 4.78 is 5.68. The first-order valence-corrected chi connectivity index (χ1v) is 15.2. The summed E-state index contributed by atoms with van der Waals surface area (Å²) in [6.07, 6.45) is 0.869. The summed E-state index contributed by atoms with van der Waals surface area (Å²) in [4.78, 5) is 56.9. The molecule has 0 saturated carbocycles. The average Bonchev–Trinajstić information content (AvgIpc) is 3.58. The fourth-order valence-corrected chi connectivity index (χ4v) is 7.97. The van der Waals surface area contributed by atoms with Crippen molar-refractivity contribution in [2.75, 3.05) is 16.3 Å². The summed E-state index contributed by atoms with van der Waals surface area (Å²) in [5.74, 6) is -2.52. The number of carbonyl (C=O) groups excluding carboxylic acids is 4. The fourth-order valence-electron chi connectivity index (χ4n) is 7.97. The zero-order chi connectivity index (χ0) is 30.1. The summed E-state index contributed by atoms with van der Waals surface area (Å²) in [7, 11) is 0. The van der Waals surface area contributed by atoms with E-state index in [-0.39, 0.29) is 42.5 Å². The monoisotopic (exact) mass is 582 g/mol. The number of anilines is 2. The maximum Gasteiger partial charge on any atom is 0.316 e. The van der Waals surface area contributed by atoms with Gasteiger partial charge in [0, 0.05) is 30.5 Å². The van der Waals surface area contributed by atoms with Crippen molar-refractivity contribution in [3.8, 4) is 5.75 Å². The lowest BCUT2D eigenvalue weighted by molar-refractivity contribution is -0.139. The molecule has 44 heavy (non-hydrogen) atoms. The Labute approximate surface area is 255 Å². The first kappa shape index (κ1) is 26.6. The first-order valence-electron chi connectivity index (χ1n) is 15.2. The van der Waals surface area contributed by atoms with Crippen LogP contribution in [0.5, 0.6) is 5.75 Å². The Morgan fingerprint density at radius 1 is 0.727 bits per heavy atom. The molecule has 2 heterocycles. The zero-order valence-corrected chi connectivity index (χ0v) is 24.2. The van der Waals surface area contributed by atoms with Crippen LogP contribution < -0.4 is 14.5 Å². The van der Waals surface area contributed by atoms with Crippen LogP contribution >= 0.6 is 0 Å². The van der Waals surface area contributed by atoms with Crippen molar-refractivity contribution in [2.45, 2.75) is 31.6 Å². The number of imide groups is 1. The molecule has 5 aliphatic rings. The van der Waals surface area contributed by atoms with Gasteiger partial charge in [-0.15, -0.1) is 0 Å². The molecule has 0 spiro atoms. The number of amides is 3. The molecule has 3 amide bonds. The lowest BCUT2D eigenvalue weighted by Gasteiger charge is -2.45. The predicted octanol–water partition coefficient (Wildman–Crippen LogP) is 5.60. The molecule has 7 heteroatoms. The van der Waals surface area contributed by atoms with Crippen molar-refractivity contribution < 1.29 is 23.9 Å². The van der Waals surface area contributed by atoms with E-state index in [9.17, 15) is 19.2 Å². The van der Waals surface area contributed by atoms with Crippen LogP contribution in [-0.4, -0.2) is 30.2 Å².